The Bertz CT molecular complexity index is 710. The molecule has 1 heterocycles. The first-order valence-corrected chi connectivity index (χ1v) is 7.88. The molecule has 1 atom stereocenters. The monoisotopic (exact) mass is 311 g/mol. The number of phenolic OH excluding ortho intramolecular Hbond substituents is 1. The van der Waals surface area contributed by atoms with Gasteiger partial charge >= 0.3 is 0 Å². The van der Waals surface area contributed by atoms with Gasteiger partial charge in [0.15, 0.2) is 0 Å². The van der Waals surface area contributed by atoms with Crippen LogP contribution in [0, 0.1) is 0 Å². The van der Waals surface area contributed by atoms with Crippen molar-refractivity contribution in [3.63, 3.8) is 0 Å². The summed E-state index contributed by atoms with van der Waals surface area (Å²) in [4.78, 5) is 14.4. The van der Waals surface area contributed by atoms with Crippen LogP contribution in [0.4, 0.5) is 5.69 Å². The lowest BCUT2D eigenvalue weighted by atomic mass is 9.91. The molecule has 2 N–H and O–H groups in total. The van der Waals surface area contributed by atoms with Crippen LogP contribution in [0.5, 0.6) is 5.75 Å². The van der Waals surface area contributed by atoms with Gasteiger partial charge in [-0.25, -0.2) is 0 Å². The third-order valence-electron chi connectivity index (χ3n) is 4.39. The second kappa shape index (κ2) is 6.05. The molecule has 0 saturated heterocycles. The van der Waals surface area contributed by atoms with E-state index in [4.69, 9.17) is 0 Å². The molecular weight excluding hydrogens is 290 g/mol. The SMILES string of the molecule is CC(O)(CC(=O)N1CCCc2cccc(O)c21)c1ccccc1. The van der Waals surface area contributed by atoms with E-state index in [1.807, 2.05) is 36.4 Å². The number of rotatable bonds is 3. The van der Waals surface area contributed by atoms with Gasteiger partial charge in [-0.2, -0.15) is 0 Å². The molecular formula is C19H21NO3. The molecule has 23 heavy (non-hydrogen) atoms. The quantitative estimate of drug-likeness (QED) is 0.916. The van der Waals surface area contributed by atoms with E-state index >= 15 is 0 Å². The highest BCUT2D eigenvalue weighted by molar-refractivity contribution is 5.96. The van der Waals surface area contributed by atoms with Crippen LogP contribution in [0.25, 0.3) is 0 Å². The summed E-state index contributed by atoms with van der Waals surface area (Å²) < 4.78 is 0. The van der Waals surface area contributed by atoms with Gasteiger partial charge < -0.3 is 15.1 Å². The summed E-state index contributed by atoms with van der Waals surface area (Å²) in [5.74, 6) is -0.0591. The van der Waals surface area contributed by atoms with Crippen LogP contribution in [0.3, 0.4) is 0 Å². The van der Waals surface area contributed by atoms with E-state index in [2.05, 4.69) is 0 Å². The van der Waals surface area contributed by atoms with Crippen LogP contribution < -0.4 is 4.90 Å². The van der Waals surface area contributed by atoms with Crippen LogP contribution in [-0.4, -0.2) is 22.7 Å². The van der Waals surface area contributed by atoms with Crippen molar-refractivity contribution in [2.75, 3.05) is 11.4 Å². The summed E-state index contributed by atoms with van der Waals surface area (Å²) >= 11 is 0. The lowest BCUT2D eigenvalue weighted by molar-refractivity contribution is -0.123. The highest BCUT2D eigenvalue weighted by Crippen LogP contribution is 2.37. The average Bonchev–Trinajstić information content (AvgIpc) is 2.55. The number of para-hydroxylation sites is 1. The predicted octanol–water partition coefficient (Wildman–Crippen LogP) is 2.97. The molecule has 0 spiro atoms. The number of aliphatic hydroxyl groups is 1. The van der Waals surface area contributed by atoms with Gasteiger partial charge in [0.1, 0.15) is 5.75 Å². The molecule has 0 saturated carbocycles. The number of hydrogen-bond acceptors (Lipinski definition) is 3. The summed E-state index contributed by atoms with van der Waals surface area (Å²) in [7, 11) is 0. The fraction of sp³-hybridized carbons (Fsp3) is 0.316. The molecule has 1 amide bonds. The van der Waals surface area contributed by atoms with Crippen LogP contribution >= 0.6 is 0 Å². The molecule has 1 unspecified atom stereocenters. The number of anilines is 1. The summed E-state index contributed by atoms with van der Waals surface area (Å²) in [5, 5.41) is 20.8. The number of phenols is 1. The third-order valence-corrected chi connectivity index (χ3v) is 4.39. The minimum atomic E-state index is -1.24. The second-order valence-electron chi connectivity index (χ2n) is 6.25. The van der Waals surface area contributed by atoms with Gasteiger partial charge in [0.2, 0.25) is 5.91 Å². The number of hydrogen-bond donors (Lipinski definition) is 2. The van der Waals surface area contributed by atoms with Crippen molar-refractivity contribution in [3.8, 4) is 5.75 Å². The zero-order chi connectivity index (χ0) is 16.4. The summed E-state index contributed by atoms with van der Waals surface area (Å²) in [6.07, 6.45) is 1.68. The molecule has 120 valence electrons. The minimum absolute atomic E-state index is 0.0230. The number of nitrogens with zero attached hydrogens (tertiary/aromatic N) is 1. The van der Waals surface area contributed by atoms with Gasteiger partial charge in [0.25, 0.3) is 0 Å². The number of fused-ring (bicyclic) bond motifs is 1. The van der Waals surface area contributed by atoms with Gasteiger partial charge in [-0.15, -0.1) is 0 Å². The molecule has 4 nitrogen and oxygen atoms in total. The van der Waals surface area contributed by atoms with Crippen molar-refractivity contribution in [1.29, 1.82) is 0 Å². The van der Waals surface area contributed by atoms with E-state index in [0.29, 0.717) is 17.8 Å². The van der Waals surface area contributed by atoms with Gasteiger partial charge in [0, 0.05) is 6.54 Å². The van der Waals surface area contributed by atoms with Gasteiger partial charge in [-0.3, -0.25) is 4.79 Å². The highest BCUT2D eigenvalue weighted by Gasteiger charge is 2.32. The lowest BCUT2D eigenvalue weighted by Gasteiger charge is -2.33. The molecule has 1 aliphatic rings. The summed E-state index contributed by atoms with van der Waals surface area (Å²) in [5.41, 5.74) is 1.04. The molecule has 0 radical (unpaired) electrons. The number of benzene rings is 2. The maximum Gasteiger partial charge on any atom is 0.230 e. The Balaban J connectivity index is 1.86. The van der Waals surface area contributed by atoms with Crippen LogP contribution in [0.2, 0.25) is 0 Å². The molecule has 0 bridgehead atoms. The second-order valence-corrected chi connectivity index (χ2v) is 6.25. The largest absolute Gasteiger partial charge is 0.506 e. The number of amides is 1. The van der Waals surface area contributed by atoms with Gasteiger partial charge in [-0.1, -0.05) is 42.5 Å². The number of carbonyl (C=O) groups is 1. The zero-order valence-electron chi connectivity index (χ0n) is 13.2. The van der Waals surface area contributed by atoms with Crippen LogP contribution in [0.1, 0.15) is 30.9 Å². The lowest BCUT2D eigenvalue weighted by Crippen LogP contribution is -2.39. The molecule has 1 aliphatic heterocycles. The van der Waals surface area contributed by atoms with E-state index in [0.717, 1.165) is 18.4 Å². The number of aryl methyl sites for hydroxylation is 1. The highest BCUT2D eigenvalue weighted by atomic mass is 16.3. The van der Waals surface area contributed by atoms with E-state index in [-0.39, 0.29) is 18.1 Å². The van der Waals surface area contributed by atoms with E-state index in [1.54, 1.807) is 24.0 Å². The van der Waals surface area contributed by atoms with E-state index < -0.39 is 5.60 Å². The molecule has 2 aromatic rings. The maximum absolute atomic E-state index is 12.8. The van der Waals surface area contributed by atoms with Crippen molar-refractivity contribution in [2.45, 2.75) is 31.8 Å². The summed E-state index contributed by atoms with van der Waals surface area (Å²) in [6.45, 7) is 2.21. The Morgan fingerprint density at radius 1 is 1.17 bits per heavy atom. The van der Waals surface area contributed by atoms with Crippen molar-refractivity contribution >= 4 is 11.6 Å². The van der Waals surface area contributed by atoms with Crippen LogP contribution in [-0.2, 0) is 16.8 Å². The first-order chi connectivity index (χ1) is 11.0. The third kappa shape index (κ3) is 3.08. The van der Waals surface area contributed by atoms with Crippen molar-refractivity contribution in [1.82, 2.24) is 0 Å². The Kier molecular flexibility index (Phi) is 4.09. The predicted molar refractivity (Wildman–Crippen MR) is 89.4 cm³/mol. The zero-order valence-corrected chi connectivity index (χ0v) is 13.2. The first-order valence-electron chi connectivity index (χ1n) is 7.88. The normalized spacial score (nSPS) is 16.5. The number of carbonyl (C=O) groups excluding carboxylic acids is 1. The smallest absolute Gasteiger partial charge is 0.230 e. The Labute approximate surface area is 136 Å². The Morgan fingerprint density at radius 2 is 1.91 bits per heavy atom. The van der Waals surface area contributed by atoms with Crippen LogP contribution in [0.15, 0.2) is 48.5 Å². The molecule has 0 aliphatic carbocycles. The molecule has 3 rings (SSSR count). The van der Waals surface area contributed by atoms with Crippen molar-refractivity contribution in [2.24, 2.45) is 0 Å². The number of aromatic hydroxyl groups is 1. The average molecular weight is 311 g/mol. The topological polar surface area (TPSA) is 60.8 Å². The Hall–Kier alpha value is -2.33. The molecule has 4 heteroatoms. The summed E-state index contributed by atoms with van der Waals surface area (Å²) in [6, 6.07) is 14.5. The Morgan fingerprint density at radius 3 is 2.65 bits per heavy atom. The van der Waals surface area contributed by atoms with Crippen molar-refractivity contribution < 1.29 is 15.0 Å². The fourth-order valence-corrected chi connectivity index (χ4v) is 3.17. The van der Waals surface area contributed by atoms with Gasteiger partial charge in [0.05, 0.1) is 17.7 Å². The molecule has 0 aromatic heterocycles. The minimum Gasteiger partial charge on any atom is -0.506 e. The fourth-order valence-electron chi connectivity index (χ4n) is 3.17. The maximum atomic E-state index is 12.8. The molecule has 0 fully saturated rings. The van der Waals surface area contributed by atoms with E-state index in [9.17, 15) is 15.0 Å². The standard InChI is InChI=1S/C19H21NO3/c1-19(23,15-9-3-2-4-10-15)13-17(22)20-12-6-8-14-7-5-11-16(21)18(14)20/h2-5,7,9-11,21,23H,6,8,12-13H2,1H3. The molecule has 2 aromatic carbocycles. The van der Waals surface area contributed by atoms with E-state index in [1.165, 1.54) is 0 Å². The van der Waals surface area contributed by atoms with Crippen molar-refractivity contribution in [3.05, 3.63) is 59.7 Å². The van der Waals surface area contributed by atoms with Gasteiger partial charge in [-0.05, 0) is 37.0 Å². The first kappa shape index (κ1) is 15.6.